The number of rotatable bonds is 6. The third-order valence-corrected chi connectivity index (χ3v) is 5.93. The average molecular weight is 441 g/mol. The molecule has 4 aromatic rings. The lowest BCUT2D eigenvalue weighted by Crippen LogP contribution is -2.18. The summed E-state index contributed by atoms with van der Waals surface area (Å²) in [7, 11) is 0. The molecule has 0 amide bonds. The van der Waals surface area contributed by atoms with E-state index >= 15 is 0 Å². The van der Waals surface area contributed by atoms with E-state index in [2.05, 4.69) is 27.0 Å². The Hall–Kier alpha value is -4.04. The summed E-state index contributed by atoms with van der Waals surface area (Å²) in [5.41, 5.74) is 4.14. The van der Waals surface area contributed by atoms with Gasteiger partial charge in [-0.25, -0.2) is 4.99 Å². The van der Waals surface area contributed by atoms with Crippen molar-refractivity contribution in [2.24, 2.45) is 4.99 Å². The molecule has 0 radical (unpaired) electrons. The molecule has 2 aromatic heterocycles. The zero-order valence-electron chi connectivity index (χ0n) is 17.9. The quantitative estimate of drug-likeness (QED) is 0.250. The summed E-state index contributed by atoms with van der Waals surface area (Å²) in [5, 5.41) is 22.6. The first-order valence-corrected chi connectivity index (χ1v) is 10.9. The van der Waals surface area contributed by atoms with Crippen molar-refractivity contribution < 1.29 is 10.0 Å². The molecule has 5 rings (SSSR count). The molecule has 33 heavy (non-hydrogen) atoms. The number of H-pyrrole nitrogens is 1. The third-order valence-electron chi connectivity index (χ3n) is 5.93. The minimum Gasteiger partial charge on any atom is -0.494 e. The molecule has 0 bridgehead atoms. The van der Waals surface area contributed by atoms with Crippen molar-refractivity contribution in [1.29, 1.82) is 0 Å². The van der Waals surface area contributed by atoms with E-state index in [0.717, 1.165) is 30.9 Å². The number of non-ortho nitro benzene ring substituents is 1. The molecule has 1 aliphatic heterocycles. The number of hydrogen-bond acceptors (Lipinski definition) is 6. The standard InChI is InChI=1S/C25H23N5O3/c31-25-23(21-10-9-20(30(32)33)14-22(21)28-25)24(18-4-3-11-26-15-18)27-19-7-5-17(6-8-19)16-29-12-1-2-13-29/h3-11,14-15,28,31H,1-2,12-13,16H2. The highest BCUT2D eigenvalue weighted by atomic mass is 16.6. The summed E-state index contributed by atoms with van der Waals surface area (Å²) in [6.07, 6.45) is 5.87. The minimum absolute atomic E-state index is 0.0521. The maximum absolute atomic E-state index is 11.2. The normalized spacial score (nSPS) is 14.7. The second kappa shape index (κ2) is 8.84. The van der Waals surface area contributed by atoms with Gasteiger partial charge in [-0.15, -0.1) is 0 Å². The van der Waals surface area contributed by atoms with E-state index in [9.17, 15) is 15.2 Å². The van der Waals surface area contributed by atoms with Gasteiger partial charge in [-0.05, 0) is 61.8 Å². The Morgan fingerprint density at radius 2 is 1.94 bits per heavy atom. The molecule has 8 heteroatoms. The van der Waals surface area contributed by atoms with Gasteiger partial charge in [0.25, 0.3) is 5.69 Å². The minimum atomic E-state index is -0.461. The molecule has 3 heterocycles. The van der Waals surface area contributed by atoms with Crippen LogP contribution in [0.5, 0.6) is 5.88 Å². The Balaban J connectivity index is 1.57. The third kappa shape index (κ3) is 4.33. The number of pyridine rings is 1. The molecule has 1 fully saturated rings. The van der Waals surface area contributed by atoms with E-state index in [-0.39, 0.29) is 11.6 Å². The first-order chi connectivity index (χ1) is 16.1. The molecular weight excluding hydrogens is 418 g/mol. The first-order valence-electron chi connectivity index (χ1n) is 10.9. The molecule has 0 spiro atoms. The van der Waals surface area contributed by atoms with E-state index < -0.39 is 4.92 Å². The zero-order chi connectivity index (χ0) is 22.8. The number of aromatic hydroxyl groups is 1. The number of nitro benzene ring substituents is 1. The largest absolute Gasteiger partial charge is 0.494 e. The van der Waals surface area contributed by atoms with Crippen LogP contribution in [0.4, 0.5) is 11.4 Å². The van der Waals surface area contributed by atoms with Crippen molar-refractivity contribution in [3.8, 4) is 5.88 Å². The van der Waals surface area contributed by atoms with Crippen LogP contribution in [-0.4, -0.2) is 43.7 Å². The van der Waals surface area contributed by atoms with Gasteiger partial charge in [0.05, 0.1) is 27.4 Å². The van der Waals surface area contributed by atoms with Crippen LogP contribution >= 0.6 is 0 Å². The molecule has 166 valence electrons. The monoisotopic (exact) mass is 441 g/mol. The molecule has 1 aliphatic rings. The van der Waals surface area contributed by atoms with E-state index in [1.54, 1.807) is 24.5 Å². The number of nitrogens with one attached hydrogen (secondary N) is 1. The fourth-order valence-electron chi connectivity index (χ4n) is 4.30. The van der Waals surface area contributed by atoms with Gasteiger partial charge in [0.2, 0.25) is 0 Å². The van der Waals surface area contributed by atoms with Crippen LogP contribution in [-0.2, 0) is 6.54 Å². The second-order valence-electron chi connectivity index (χ2n) is 8.19. The Morgan fingerprint density at radius 1 is 1.15 bits per heavy atom. The average Bonchev–Trinajstić information content (AvgIpc) is 3.45. The fourth-order valence-corrected chi connectivity index (χ4v) is 4.30. The first kappa shape index (κ1) is 20.8. The molecule has 2 N–H and O–H groups in total. The highest BCUT2D eigenvalue weighted by Gasteiger charge is 2.20. The second-order valence-corrected chi connectivity index (χ2v) is 8.19. The predicted octanol–water partition coefficient (Wildman–Crippen LogP) is 4.94. The van der Waals surface area contributed by atoms with Crippen molar-refractivity contribution >= 4 is 28.0 Å². The van der Waals surface area contributed by atoms with E-state index in [0.29, 0.717) is 22.2 Å². The summed E-state index contributed by atoms with van der Waals surface area (Å²) in [6.45, 7) is 3.22. The topological polar surface area (TPSA) is 108 Å². The summed E-state index contributed by atoms with van der Waals surface area (Å²) in [4.78, 5) is 25.1. The number of fused-ring (bicyclic) bond motifs is 1. The number of aromatic amines is 1. The van der Waals surface area contributed by atoms with Gasteiger partial charge in [-0.3, -0.25) is 20.0 Å². The number of hydrogen-bond donors (Lipinski definition) is 2. The summed E-state index contributed by atoms with van der Waals surface area (Å²) in [5.74, 6) is -0.0984. The van der Waals surface area contributed by atoms with Crippen molar-refractivity contribution in [2.75, 3.05) is 13.1 Å². The van der Waals surface area contributed by atoms with Crippen LogP contribution in [0.1, 0.15) is 29.5 Å². The molecule has 8 nitrogen and oxygen atoms in total. The maximum Gasteiger partial charge on any atom is 0.271 e. The van der Waals surface area contributed by atoms with Crippen LogP contribution in [0, 0.1) is 10.1 Å². The fraction of sp³-hybridized carbons (Fsp3) is 0.200. The number of nitro groups is 1. The number of likely N-dealkylation sites (tertiary alicyclic amines) is 1. The summed E-state index contributed by atoms with van der Waals surface area (Å²) in [6, 6.07) is 16.2. The maximum atomic E-state index is 11.2. The summed E-state index contributed by atoms with van der Waals surface area (Å²) >= 11 is 0. The van der Waals surface area contributed by atoms with Gasteiger partial charge in [-0.2, -0.15) is 0 Å². The zero-order valence-corrected chi connectivity index (χ0v) is 17.9. The Kier molecular flexibility index (Phi) is 5.58. The highest BCUT2D eigenvalue weighted by Crippen LogP contribution is 2.33. The van der Waals surface area contributed by atoms with Gasteiger partial charge in [0.1, 0.15) is 0 Å². The Labute approximate surface area is 190 Å². The van der Waals surface area contributed by atoms with Crippen LogP contribution in [0.25, 0.3) is 10.9 Å². The number of benzene rings is 2. The number of nitrogens with zero attached hydrogens (tertiary/aromatic N) is 4. The van der Waals surface area contributed by atoms with E-state index in [1.807, 2.05) is 18.2 Å². The Morgan fingerprint density at radius 3 is 2.64 bits per heavy atom. The van der Waals surface area contributed by atoms with Crippen molar-refractivity contribution in [3.05, 3.63) is 93.8 Å². The SMILES string of the molecule is O=[N+]([O-])c1ccc2c(C(=Nc3ccc(CN4CCCC4)cc3)c3cccnc3)c(O)[nH]c2c1. The van der Waals surface area contributed by atoms with Crippen molar-refractivity contribution in [3.63, 3.8) is 0 Å². The number of aliphatic imine (C=N–C) groups is 1. The molecular formula is C25H23N5O3. The smallest absolute Gasteiger partial charge is 0.271 e. The van der Waals surface area contributed by atoms with Crippen LogP contribution in [0.15, 0.2) is 72.0 Å². The van der Waals surface area contributed by atoms with E-state index in [4.69, 9.17) is 4.99 Å². The van der Waals surface area contributed by atoms with Gasteiger partial charge in [0.15, 0.2) is 5.88 Å². The molecule has 1 saturated heterocycles. The molecule has 0 unspecified atom stereocenters. The van der Waals surface area contributed by atoms with E-state index in [1.165, 1.54) is 30.5 Å². The van der Waals surface area contributed by atoms with Crippen LogP contribution in [0.2, 0.25) is 0 Å². The molecule has 0 aliphatic carbocycles. The van der Waals surface area contributed by atoms with Crippen molar-refractivity contribution in [1.82, 2.24) is 14.9 Å². The van der Waals surface area contributed by atoms with Gasteiger partial charge in [0, 0.05) is 42.0 Å². The van der Waals surface area contributed by atoms with Gasteiger partial charge in [-0.1, -0.05) is 12.1 Å². The van der Waals surface area contributed by atoms with Gasteiger partial charge < -0.3 is 10.1 Å². The van der Waals surface area contributed by atoms with Crippen LogP contribution in [0.3, 0.4) is 0 Å². The van der Waals surface area contributed by atoms with Crippen LogP contribution < -0.4 is 0 Å². The molecule has 2 aromatic carbocycles. The lowest BCUT2D eigenvalue weighted by atomic mass is 10.0. The van der Waals surface area contributed by atoms with Crippen molar-refractivity contribution in [2.45, 2.75) is 19.4 Å². The predicted molar refractivity (Wildman–Crippen MR) is 127 cm³/mol. The Bertz CT molecular complexity index is 1320. The molecule has 0 atom stereocenters. The lowest BCUT2D eigenvalue weighted by Gasteiger charge is -2.14. The van der Waals surface area contributed by atoms with Gasteiger partial charge >= 0.3 is 0 Å². The highest BCUT2D eigenvalue weighted by molar-refractivity contribution is 6.21. The lowest BCUT2D eigenvalue weighted by molar-refractivity contribution is -0.384. The number of aromatic nitrogens is 2. The summed E-state index contributed by atoms with van der Waals surface area (Å²) < 4.78 is 0. The molecule has 0 saturated carbocycles.